The van der Waals surface area contributed by atoms with Gasteiger partial charge in [-0.15, -0.1) is 11.8 Å². The van der Waals surface area contributed by atoms with Crippen molar-refractivity contribution >= 4 is 29.3 Å². The minimum absolute atomic E-state index is 0.0747. The van der Waals surface area contributed by atoms with E-state index in [0.29, 0.717) is 0 Å². The van der Waals surface area contributed by atoms with E-state index in [2.05, 4.69) is 35.0 Å². The number of carbonyl (C=O) groups is 2. The molecule has 1 fully saturated rings. The van der Waals surface area contributed by atoms with E-state index in [4.69, 9.17) is 0 Å². The second-order valence-electron chi connectivity index (χ2n) is 9.96. The molecule has 0 aliphatic carbocycles. The molecule has 3 N–H and O–H groups in total. The summed E-state index contributed by atoms with van der Waals surface area (Å²) in [4.78, 5) is 23.7. The molecule has 2 amide bonds. The van der Waals surface area contributed by atoms with Gasteiger partial charge in [0, 0.05) is 24.9 Å². The third-order valence-electron chi connectivity index (χ3n) is 6.62. The van der Waals surface area contributed by atoms with Gasteiger partial charge in [-0.2, -0.15) is 0 Å². The molecule has 1 aliphatic heterocycles. The maximum Gasteiger partial charge on any atom is 0.238 e. The minimum atomic E-state index is -0.150. The molecule has 1 saturated heterocycles. The fourth-order valence-electron chi connectivity index (χ4n) is 4.47. The summed E-state index contributed by atoms with van der Waals surface area (Å²) in [6.45, 7) is 4.54. The number of hydrogen-bond donors (Lipinski definition) is 3. The van der Waals surface area contributed by atoms with Crippen molar-refractivity contribution in [1.29, 1.82) is 0 Å². The van der Waals surface area contributed by atoms with Gasteiger partial charge in [-0.3, -0.25) is 14.9 Å². The first-order valence-electron chi connectivity index (χ1n) is 14.3. The molecular weight excluding hydrogens is 466 g/mol. The molecule has 5 nitrogen and oxygen atoms in total. The maximum absolute atomic E-state index is 12.5. The molecule has 1 unspecified atom stereocenters. The topological polar surface area (TPSA) is 70.2 Å². The van der Waals surface area contributed by atoms with Gasteiger partial charge in [-0.1, -0.05) is 89.0 Å². The van der Waals surface area contributed by atoms with Crippen LogP contribution in [0.4, 0.5) is 5.69 Å². The Morgan fingerprint density at radius 3 is 2.08 bits per heavy atom. The number of thioether (sulfide) groups is 1. The summed E-state index contributed by atoms with van der Waals surface area (Å²) in [5.74, 6) is 0.802. The van der Waals surface area contributed by atoms with Gasteiger partial charge in [0.15, 0.2) is 0 Å². The van der Waals surface area contributed by atoms with Gasteiger partial charge >= 0.3 is 0 Å². The van der Waals surface area contributed by atoms with Crippen molar-refractivity contribution in [2.45, 2.75) is 115 Å². The molecule has 0 radical (unpaired) electrons. The largest absolute Gasteiger partial charge is 0.355 e. The van der Waals surface area contributed by atoms with Gasteiger partial charge in [0.25, 0.3) is 0 Å². The monoisotopic (exact) mass is 515 g/mol. The van der Waals surface area contributed by atoms with Crippen LogP contribution in [0.25, 0.3) is 0 Å². The molecule has 6 heteroatoms. The summed E-state index contributed by atoms with van der Waals surface area (Å²) in [7, 11) is 0. The van der Waals surface area contributed by atoms with Gasteiger partial charge in [-0.05, 0) is 49.8 Å². The van der Waals surface area contributed by atoms with Crippen molar-refractivity contribution in [3.8, 4) is 0 Å². The average molecular weight is 516 g/mol. The van der Waals surface area contributed by atoms with E-state index in [-0.39, 0.29) is 23.2 Å². The Morgan fingerprint density at radius 1 is 0.889 bits per heavy atom. The lowest BCUT2D eigenvalue weighted by Crippen LogP contribution is -2.42. The number of unbranched alkanes of at least 4 members (excludes halogenated alkanes) is 12. The predicted molar refractivity (Wildman–Crippen MR) is 155 cm³/mol. The van der Waals surface area contributed by atoms with Crippen LogP contribution in [0.1, 0.15) is 115 Å². The summed E-state index contributed by atoms with van der Waals surface area (Å²) in [6, 6.07) is 7.66. The van der Waals surface area contributed by atoms with Crippen LogP contribution < -0.4 is 16.0 Å². The Kier molecular flexibility index (Phi) is 16.3. The summed E-state index contributed by atoms with van der Waals surface area (Å²) >= 11 is 1.75. The highest BCUT2D eigenvalue weighted by atomic mass is 32.2. The first-order valence-corrected chi connectivity index (χ1v) is 15.3. The molecule has 2 rings (SSSR count). The first kappa shape index (κ1) is 30.4. The standard InChI is InChI=1S/C30H49N3O2S/c1-3-4-5-6-7-8-9-10-11-12-13-14-15-16-17-18-23-31-29(35)28-24-36-30(33-28)26-19-21-27(22-20-26)32-25(2)34/h11-12,19-22,28,30,33H,3-10,13-18,23-24H2,1-2H3,(H,31,35)(H,32,34)/b12-11+/t28-,30?/m0/s1. The third-order valence-corrected chi connectivity index (χ3v) is 7.89. The van der Waals surface area contributed by atoms with E-state index in [0.717, 1.165) is 30.0 Å². The van der Waals surface area contributed by atoms with E-state index < -0.39 is 0 Å². The Labute approximate surface area is 224 Å². The SMILES string of the molecule is CCCCCCCCC/C=C/CCCCCCCNC(=O)[C@@H]1CSC(c2ccc(NC(C)=O)cc2)N1. The molecule has 2 atom stereocenters. The lowest BCUT2D eigenvalue weighted by Gasteiger charge is -2.14. The first-order chi connectivity index (χ1) is 17.6. The van der Waals surface area contributed by atoms with Crippen molar-refractivity contribution < 1.29 is 9.59 Å². The quantitative estimate of drug-likeness (QED) is 0.132. The third kappa shape index (κ3) is 13.5. The Morgan fingerprint density at radius 2 is 1.47 bits per heavy atom. The summed E-state index contributed by atoms with van der Waals surface area (Å²) in [6.07, 6.45) is 22.9. The molecule has 0 aromatic heterocycles. The molecule has 0 saturated carbocycles. The molecule has 1 aromatic rings. The fraction of sp³-hybridized carbons (Fsp3) is 0.667. The molecule has 0 bridgehead atoms. The zero-order valence-corrected chi connectivity index (χ0v) is 23.5. The van der Waals surface area contributed by atoms with Crippen LogP contribution in [0, 0.1) is 0 Å². The normalized spacial score (nSPS) is 17.5. The van der Waals surface area contributed by atoms with E-state index in [9.17, 15) is 9.59 Å². The van der Waals surface area contributed by atoms with Gasteiger partial charge in [0.1, 0.15) is 0 Å². The number of nitrogens with one attached hydrogen (secondary N) is 3. The zero-order valence-electron chi connectivity index (χ0n) is 22.7. The van der Waals surface area contributed by atoms with Gasteiger partial charge in [0.05, 0.1) is 11.4 Å². The lowest BCUT2D eigenvalue weighted by atomic mass is 10.1. The Balaban J connectivity index is 1.42. The number of allylic oxidation sites excluding steroid dienone is 2. The highest BCUT2D eigenvalue weighted by Gasteiger charge is 2.30. The van der Waals surface area contributed by atoms with Crippen LogP contribution in [0.5, 0.6) is 0 Å². The number of anilines is 1. The molecule has 0 spiro atoms. The van der Waals surface area contributed by atoms with E-state index in [1.54, 1.807) is 11.8 Å². The maximum atomic E-state index is 12.5. The van der Waals surface area contributed by atoms with Crippen LogP contribution in [0.3, 0.4) is 0 Å². The molecule has 202 valence electrons. The summed E-state index contributed by atoms with van der Waals surface area (Å²) in [5, 5.41) is 9.42. The Hall–Kier alpha value is -1.79. The van der Waals surface area contributed by atoms with Crippen molar-refractivity contribution in [1.82, 2.24) is 10.6 Å². The van der Waals surface area contributed by atoms with E-state index in [1.165, 1.54) is 90.4 Å². The van der Waals surface area contributed by atoms with E-state index >= 15 is 0 Å². The van der Waals surface area contributed by atoms with Crippen molar-refractivity contribution in [2.24, 2.45) is 0 Å². The smallest absolute Gasteiger partial charge is 0.238 e. The van der Waals surface area contributed by atoms with Crippen LogP contribution >= 0.6 is 11.8 Å². The molecule has 36 heavy (non-hydrogen) atoms. The molecular formula is C30H49N3O2S. The van der Waals surface area contributed by atoms with Crippen LogP contribution in [0.15, 0.2) is 36.4 Å². The summed E-state index contributed by atoms with van der Waals surface area (Å²) in [5.41, 5.74) is 1.91. The Bertz CT molecular complexity index is 766. The van der Waals surface area contributed by atoms with Crippen LogP contribution in [-0.4, -0.2) is 30.2 Å². The van der Waals surface area contributed by atoms with Gasteiger partial charge in [-0.25, -0.2) is 0 Å². The van der Waals surface area contributed by atoms with Crippen molar-refractivity contribution in [3.05, 3.63) is 42.0 Å². The summed E-state index contributed by atoms with van der Waals surface area (Å²) < 4.78 is 0. The number of rotatable bonds is 19. The predicted octanol–water partition coefficient (Wildman–Crippen LogP) is 7.50. The van der Waals surface area contributed by atoms with Gasteiger partial charge < -0.3 is 10.6 Å². The van der Waals surface area contributed by atoms with Crippen molar-refractivity contribution in [3.63, 3.8) is 0 Å². The molecule has 1 aromatic carbocycles. The number of amides is 2. The van der Waals surface area contributed by atoms with Crippen molar-refractivity contribution in [2.75, 3.05) is 17.6 Å². The number of benzene rings is 1. The van der Waals surface area contributed by atoms with Gasteiger partial charge in [0.2, 0.25) is 11.8 Å². The lowest BCUT2D eigenvalue weighted by molar-refractivity contribution is -0.122. The number of carbonyl (C=O) groups excluding carboxylic acids is 2. The fourth-order valence-corrected chi connectivity index (χ4v) is 5.71. The zero-order chi connectivity index (χ0) is 25.8. The molecule has 1 heterocycles. The van der Waals surface area contributed by atoms with Crippen LogP contribution in [-0.2, 0) is 9.59 Å². The second kappa shape index (κ2) is 19.3. The average Bonchev–Trinajstić information content (AvgIpc) is 3.36. The number of hydrogen-bond acceptors (Lipinski definition) is 4. The molecule has 1 aliphatic rings. The minimum Gasteiger partial charge on any atom is -0.355 e. The van der Waals surface area contributed by atoms with Crippen LogP contribution in [0.2, 0.25) is 0 Å². The second-order valence-corrected chi connectivity index (χ2v) is 11.1. The highest BCUT2D eigenvalue weighted by molar-refractivity contribution is 7.99. The van der Waals surface area contributed by atoms with E-state index in [1.807, 2.05) is 24.3 Å². The highest BCUT2D eigenvalue weighted by Crippen LogP contribution is 2.33.